The van der Waals surface area contributed by atoms with E-state index in [2.05, 4.69) is 11.8 Å². The van der Waals surface area contributed by atoms with Gasteiger partial charge < -0.3 is 4.90 Å². The van der Waals surface area contributed by atoms with Gasteiger partial charge in [-0.3, -0.25) is 4.79 Å². The average Bonchev–Trinajstić information content (AvgIpc) is 2.55. The molecule has 0 N–H and O–H groups in total. The normalized spacial score (nSPS) is 31.9. The van der Waals surface area contributed by atoms with Crippen molar-refractivity contribution in [3.8, 4) is 0 Å². The van der Waals surface area contributed by atoms with E-state index < -0.39 is 9.84 Å². The minimum absolute atomic E-state index is 0.140. The SMILES string of the molecule is CCCC1CCC(=O)C(CN2CCCS(=O)(=O)CC2)C1. The van der Waals surface area contributed by atoms with Gasteiger partial charge in [-0.25, -0.2) is 8.42 Å². The number of carbonyl (C=O) groups is 1. The molecular weight excluding hydrogens is 274 g/mol. The Morgan fingerprint density at radius 2 is 2.05 bits per heavy atom. The van der Waals surface area contributed by atoms with Gasteiger partial charge in [-0.15, -0.1) is 0 Å². The number of carbonyl (C=O) groups excluding carboxylic acids is 1. The number of Topliss-reactive ketones (excluding diaryl/α,β-unsaturated/α-hetero) is 1. The fraction of sp³-hybridized carbons (Fsp3) is 0.933. The lowest BCUT2D eigenvalue weighted by Crippen LogP contribution is -2.38. The molecule has 4 nitrogen and oxygen atoms in total. The molecule has 2 rings (SSSR count). The van der Waals surface area contributed by atoms with Gasteiger partial charge in [0.2, 0.25) is 0 Å². The van der Waals surface area contributed by atoms with E-state index in [4.69, 9.17) is 0 Å². The van der Waals surface area contributed by atoms with Crippen LogP contribution in [0, 0.1) is 11.8 Å². The molecule has 1 heterocycles. The Morgan fingerprint density at radius 3 is 2.80 bits per heavy atom. The van der Waals surface area contributed by atoms with Crippen LogP contribution in [0.1, 0.15) is 45.4 Å². The van der Waals surface area contributed by atoms with Crippen molar-refractivity contribution in [1.82, 2.24) is 4.90 Å². The molecule has 1 aliphatic carbocycles. The Balaban J connectivity index is 1.89. The molecule has 20 heavy (non-hydrogen) atoms. The lowest BCUT2D eigenvalue weighted by Gasteiger charge is -2.31. The summed E-state index contributed by atoms with van der Waals surface area (Å²) in [7, 11) is -2.85. The summed E-state index contributed by atoms with van der Waals surface area (Å²) >= 11 is 0. The lowest BCUT2D eigenvalue weighted by molar-refractivity contribution is -0.126. The zero-order valence-corrected chi connectivity index (χ0v) is 13.3. The predicted molar refractivity (Wildman–Crippen MR) is 80.5 cm³/mol. The van der Waals surface area contributed by atoms with Crippen LogP contribution in [0.15, 0.2) is 0 Å². The molecule has 2 unspecified atom stereocenters. The number of nitrogens with zero attached hydrogens (tertiary/aromatic N) is 1. The van der Waals surface area contributed by atoms with Crippen LogP contribution in [0.3, 0.4) is 0 Å². The summed E-state index contributed by atoms with van der Waals surface area (Å²) in [6.07, 6.45) is 5.91. The van der Waals surface area contributed by atoms with Crippen LogP contribution < -0.4 is 0 Å². The summed E-state index contributed by atoms with van der Waals surface area (Å²) in [5, 5.41) is 0. The second-order valence-corrected chi connectivity index (χ2v) is 8.70. The van der Waals surface area contributed by atoms with Gasteiger partial charge in [0.25, 0.3) is 0 Å². The molecule has 2 fully saturated rings. The van der Waals surface area contributed by atoms with E-state index in [1.54, 1.807) is 0 Å². The van der Waals surface area contributed by atoms with Gasteiger partial charge in [0.05, 0.1) is 11.5 Å². The molecule has 1 saturated carbocycles. The Morgan fingerprint density at radius 1 is 1.25 bits per heavy atom. The van der Waals surface area contributed by atoms with Gasteiger partial charge >= 0.3 is 0 Å². The highest BCUT2D eigenvalue weighted by atomic mass is 32.2. The summed E-state index contributed by atoms with van der Waals surface area (Å²) in [5.41, 5.74) is 0. The highest BCUT2D eigenvalue weighted by Crippen LogP contribution is 2.30. The van der Waals surface area contributed by atoms with E-state index in [1.165, 1.54) is 12.8 Å². The largest absolute Gasteiger partial charge is 0.302 e. The van der Waals surface area contributed by atoms with E-state index in [1.807, 2.05) is 0 Å². The first-order valence-corrected chi connectivity index (χ1v) is 9.78. The first kappa shape index (κ1) is 16.0. The van der Waals surface area contributed by atoms with E-state index in [0.29, 0.717) is 30.4 Å². The highest BCUT2D eigenvalue weighted by Gasteiger charge is 2.30. The fourth-order valence-electron chi connectivity index (χ4n) is 3.53. The maximum Gasteiger partial charge on any atom is 0.151 e. The Labute approximate surface area is 122 Å². The van der Waals surface area contributed by atoms with Gasteiger partial charge in [-0.2, -0.15) is 0 Å². The molecule has 0 aromatic rings. The van der Waals surface area contributed by atoms with Crippen LogP contribution in [-0.4, -0.2) is 50.2 Å². The first-order chi connectivity index (χ1) is 9.50. The fourth-order valence-corrected chi connectivity index (χ4v) is 4.84. The monoisotopic (exact) mass is 301 g/mol. The Hall–Kier alpha value is -0.420. The van der Waals surface area contributed by atoms with Crippen molar-refractivity contribution < 1.29 is 13.2 Å². The molecule has 5 heteroatoms. The minimum atomic E-state index is -2.85. The predicted octanol–water partition coefficient (Wildman–Crippen LogP) is 1.89. The summed E-state index contributed by atoms with van der Waals surface area (Å²) < 4.78 is 23.2. The molecular formula is C15H27NO3S. The maximum absolute atomic E-state index is 12.1. The van der Waals surface area contributed by atoms with Crippen molar-refractivity contribution in [2.45, 2.75) is 45.4 Å². The van der Waals surface area contributed by atoms with E-state index >= 15 is 0 Å². The van der Waals surface area contributed by atoms with Crippen molar-refractivity contribution in [2.75, 3.05) is 31.1 Å². The van der Waals surface area contributed by atoms with Crippen LogP contribution in [0.2, 0.25) is 0 Å². The smallest absolute Gasteiger partial charge is 0.151 e. The molecule has 2 atom stereocenters. The second kappa shape index (κ2) is 7.03. The molecule has 0 spiro atoms. The van der Waals surface area contributed by atoms with Crippen LogP contribution in [0.25, 0.3) is 0 Å². The average molecular weight is 301 g/mol. The second-order valence-electron chi connectivity index (χ2n) is 6.40. The molecule has 0 amide bonds. The van der Waals surface area contributed by atoms with Gasteiger partial charge in [0.1, 0.15) is 5.78 Å². The zero-order chi connectivity index (χ0) is 14.6. The third kappa shape index (κ3) is 4.55. The summed E-state index contributed by atoms with van der Waals surface area (Å²) in [5.74, 6) is 1.79. The number of rotatable bonds is 4. The molecule has 2 aliphatic rings. The van der Waals surface area contributed by atoms with Crippen molar-refractivity contribution in [3.63, 3.8) is 0 Å². The third-order valence-corrected chi connectivity index (χ3v) is 6.41. The summed E-state index contributed by atoms with van der Waals surface area (Å²) in [4.78, 5) is 14.3. The zero-order valence-electron chi connectivity index (χ0n) is 12.5. The minimum Gasteiger partial charge on any atom is -0.302 e. The highest BCUT2D eigenvalue weighted by molar-refractivity contribution is 7.91. The van der Waals surface area contributed by atoms with Crippen LogP contribution in [-0.2, 0) is 14.6 Å². The maximum atomic E-state index is 12.1. The topological polar surface area (TPSA) is 54.5 Å². The molecule has 0 bridgehead atoms. The number of hydrogen-bond donors (Lipinski definition) is 0. The van der Waals surface area contributed by atoms with Crippen molar-refractivity contribution in [2.24, 2.45) is 11.8 Å². The van der Waals surface area contributed by atoms with Crippen LogP contribution >= 0.6 is 0 Å². The van der Waals surface area contributed by atoms with Gasteiger partial charge in [0, 0.05) is 25.4 Å². The number of ketones is 1. The third-order valence-electron chi connectivity index (χ3n) is 4.70. The number of sulfone groups is 1. The number of hydrogen-bond acceptors (Lipinski definition) is 4. The quantitative estimate of drug-likeness (QED) is 0.796. The van der Waals surface area contributed by atoms with E-state index in [0.717, 1.165) is 32.4 Å². The molecule has 1 aliphatic heterocycles. The summed E-state index contributed by atoms with van der Waals surface area (Å²) in [6.45, 7) is 4.39. The van der Waals surface area contributed by atoms with Crippen LogP contribution in [0.4, 0.5) is 0 Å². The first-order valence-electron chi connectivity index (χ1n) is 7.95. The van der Waals surface area contributed by atoms with E-state index in [-0.39, 0.29) is 11.7 Å². The Kier molecular flexibility index (Phi) is 5.61. The van der Waals surface area contributed by atoms with Crippen molar-refractivity contribution in [1.29, 1.82) is 0 Å². The molecule has 0 radical (unpaired) electrons. The molecule has 0 aromatic heterocycles. The molecule has 1 saturated heterocycles. The molecule has 0 aromatic carbocycles. The Bertz CT molecular complexity index is 432. The van der Waals surface area contributed by atoms with Crippen LogP contribution in [0.5, 0.6) is 0 Å². The van der Waals surface area contributed by atoms with Gasteiger partial charge in [-0.1, -0.05) is 19.8 Å². The van der Waals surface area contributed by atoms with Crippen molar-refractivity contribution in [3.05, 3.63) is 0 Å². The lowest BCUT2D eigenvalue weighted by atomic mass is 9.78. The molecule has 116 valence electrons. The van der Waals surface area contributed by atoms with E-state index in [9.17, 15) is 13.2 Å². The van der Waals surface area contributed by atoms with Crippen molar-refractivity contribution >= 4 is 15.6 Å². The van der Waals surface area contributed by atoms with Gasteiger partial charge in [0.15, 0.2) is 9.84 Å². The van der Waals surface area contributed by atoms with Gasteiger partial charge in [-0.05, 0) is 31.7 Å². The summed E-state index contributed by atoms with van der Waals surface area (Å²) in [6, 6.07) is 0. The standard InChI is InChI=1S/C15H27NO3S/c1-2-4-13-5-6-15(17)14(11-13)12-16-7-3-9-20(18,19)10-8-16/h13-14H,2-12H2,1H3.